The molecule has 2 N–H and O–H groups in total. The third-order valence-electron chi connectivity index (χ3n) is 3.33. The van der Waals surface area contributed by atoms with Crippen LogP contribution in [-0.2, 0) is 9.53 Å². The molecule has 1 aromatic rings. The molecule has 1 aliphatic rings. The van der Waals surface area contributed by atoms with Gasteiger partial charge < -0.3 is 19.8 Å². The maximum Gasteiger partial charge on any atom is 0.326 e. The number of carboxylic acid groups (broad SMARTS) is 1. The van der Waals surface area contributed by atoms with E-state index < -0.39 is 29.5 Å². The molecule has 2 atom stereocenters. The molecule has 0 saturated carbocycles. The second-order valence-electron chi connectivity index (χ2n) is 4.57. The molecule has 2 unspecified atom stereocenters. The van der Waals surface area contributed by atoms with E-state index in [1.54, 1.807) is 0 Å². The van der Waals surface area contributed by atoms with Crippen LogP contribution >= 0.6 is 0 Å². The van der Waals surface area contributed by atoms with Gasteiger partial charge in [0.1, 0.15) is 17.6 Å². The van der Waals surface area contributed by atoms with E-state index in [9.17, 15) is 19.1 Å². The quantitative estimate of drug-likeness (QED) is 0.858. The summed E-state index contributed by atoms with van der Waals surface area (Å²) >= 11 is 0. The van der Waals surface area contributed by atoms with E-state index in [4.69, 9.17) is 9.84 Å². The van der Waals surface area contributed by atoms with Gasteiger partial charge in [-0.15, -0.1) is 0 Å². The van der Waals surface area contributed by atoms with Gasteiger partial charge in [-0.2, -0.15) is 0 Å². The van der Waals surface area contributed by atoms with E-state index in [1.807, 2.05) is 0 Å². The van der Waals surface area contributed by atoms with Crippen LogP contribution in [0.4, 0.5) is 4.39 Å². The minimum absolute atomic E-state index is 0.114. The van der Waals surface area contributed by atoms with Crippen LogP contribution in [-0.4, -0.2) is 52.8 Å². The molecule has 1 saturated heterocycles. The summed E-state index contributed by atoms with van der Waals surface area (Å²) in [7, 11) is 1.44. The number of phenols is 1. The van der Waals surface area contributed by atoms with Gasteiger partial charge in [0.05, 0.1) is 11.7 Å². The normalized spacial score (nSPS) is 22.0. The summed E-state index contributed by atoms with van der Waals surface area (Å²) in [6.45, 7) is 0.114. The van der Waals surface area contributed by atoms with Crippen LogP contribution in [0.2, 0.25) is 0 Å². The van der Waals surface area contributed by atoms with Crippen molar-refractivity contribution in [3.8, 4) is 5.75 Å². The van der Waals surface area contributed by atoms with Crippen molar-refractivity contribution in [3.05, 3.63) is 29.6 Å². The number of halogens is 1. The first-order chi connectivity index (χ1) is 9.43. The molecule has 0 aliphatic carbocycles. The third kappa shape index (κ3) is 2.57. The number of methoxy groups -OCH3 is 1. The second kappa shape index (κ2) is 5.46. The molecule has 1 aliphatic heterocycles. The number of carbonyl (C=O) groups is 2. The number of carboxylic acids is 1. The molecule has 20 heavy (non-hydrogen) atoms. The fourth-order valence-corrected chi connectivity index (χ4v) is 2.27. The van der Waals surface area contributed by atoms with Crippen LogP contribution in [0, 0.1) is 5.82 Å². The molecule has 0 spiro atoms. The van der Waals surface area contributed by atoms with Gasteiger partial charge in [0.15, 0.2) is 0 Å². The summed E-state index contributed by atoms with van der Waals surface area (Å²) < 4.78 is 18.0. The van der Waals surface area contributed by atoms with E-state index >= 15 is 0 Å². The Kier molecular flexibility index (Phi) is 3.89. The van der Waals surface area contributed by atoms with Gasteiger partial charge >= 0.3 is 5.97 Å². The summed E-state index contributed by atoms with van der Waals surface area (Å²) in [5, 5.41) is 18.7. The van der Waals surface area contributed by atoms with Crippen LogP contribution in [0.25, 0.3) is 0 Å². The van der Waals surface area contributed by atoms with E-state index in [0.29, 0.717) is 0 Å². The summed E-state index contributed by atoms with van der Waals surface area (Å²) in [6.07, 6.45) is -0.192. The highest BCUT2D eigenvalue weighted by atomic mass is 19.1. The van der Waals surface area contributed by atoms with Crippen LogP contribution in [0.15, 0.2) is 18.2 Å². The molecule has 1 aromatic carbocycles. The molecule has 1 amide bonds. The molecule has 6 nitrogen and oxygen atoms in total. The number of phenolic OH excluding ortho intramolecular Hbond substituents is 1. The second-order valence-corrected chi connectivity index (χ2v) is 4.57. The Morgan fingerprint density at radius 1 is 1.45 bits per heavy atom. The Morgan fingerprint density at radius 2 is 2.15 bits per heavy atom. The maximum atomic E-state index is 12.9. The highest BCUT2D eigenvalue weighted by molar-refractivity contribution is 5.99. The molecule has 0 bridgehead atoms. The minimum Gasteiger partial charge on any atom is -0.507 e. The number of aromatic hydroxyl groups is 1. The van der Waals surface area contributed by atoms with Crippen LogP contribution in [0.5, 0.6) is 5.75 Å². The molecule has 108 valence electrons. The largest absolute Gasteiger partial charge is 0.507 e. The monoisotopic (exact) mass is 283 g/mol. The number of hydrogen-bond donors (Lipinski definition) is 2. The zero-order valence-electron chi connectivity index (χ0n) is 10.7. The lowest BCUT2D eigenvalue weighted by Gasteiger charge is -2.21. The van der Waals surface area contributed by atoms with Gasteiger partial charge in [-0.25, -0.2) is 9.18 Å². The molecule has 0 radical (unpaired) electrons. The molecular weight excluding hydrogens is 269 g/mol. The number of nitrogens with zero attached hydrogens (tertiary/aromatic N) is 1. The highest BCUT2D eigenvalue weighted by Crippen LogP contribution is 2.26. The van der Waals surface area contributed by atoms with Gasteiger partial charge in [0, 0.05) is 26.1 Å². The van der Waals surface area contributed by atoms with Crippen molar-refractivity contribution in [3.63, 3.8) is 0 Å². The zero-order valence-corrected chi connectivity index (χ0v) is 10.7. The average Bonchev–Trinajstić information content (AvgIpc) is 2.82. The number of benzene rings is 1. The molecule has 1 fully saturated rings. The highest BCUT2D eigenvalue weighted by Gasteiger charge is 2.40. The molecule has 2 rings (SSSR count). The molecule has 7 heteroatoms. The van der Waals surface area contributed by atoms with E-state index in [-0.39, 0.29) is 24.6 Å². The van der Waals surface area contributed by atoms with E-state index in [2.05, 4.69) is 0 Å². The Labute approximate surface area is 114 Å². The van der Waals surface area contributed by atoms with Crippen molar-refractivity contribution in [2.24, 2.45) is 0 Å². The van der Waals surface area contributed by atoms with Gasteiger partial charge in [-0.1, -0.05) is 0 Å². The van der Waals surface area contributed by atoms with Gasteiger partial charge in [-0.3, -0.25) is 4.79 Å². The molecule has 0 aromatic heterocycles. The van der Waals surface area contributed by atoms with Crippen molar-refractivity contribution in [1.82, 2.24) is 4.90 Å². The first kappa shape index (κ1) is 14.3. The lowest BCUT2D eigenvalue weighted by Crippen LogP contribution is -2.40. The number of ether oxygens (including phenoxy) is 1. The molecular formula is C13H14FNO5. The van der Waals surface area contributed by atoms with Crippen LogP contribution in [0.3, 0.4) is 0 Å². The fourth-order valence-electron chi connectivity index (χ4n) is 2.27. The third-order valence-corrected chi connectivity index (χ3v) is 3.33. The first-order valence-corrected chi connectivity index (χ1v) is 5.99. The smallest absolute Gasteiger partial charge is 0.326 e. The summed E-state index contributed by atoms with van der Waals surface area (Å²) in [5.74, 6) is -2.99. The van der Waals surface area contributed by atoms with Crippen molar-refractivity contribution in [2.75, 3.05) is 13.7 Å². The number of carbonyl (C=O) groups excluding carboxylic acids is 1. The van der Waals surface area contributed by atoms with Gasteiger partial charge in [0.2, 0.25) is 0 Å². The zero-order chi connectivity index (χ0) is 14.9. The van der Waals surface area contributed by atoms with Crippen LogP contribution < -0.4 is 0 Å². The minimum atomic E-state index is -1.14. The van der Waals surface area contributed by atoms with E-state index in [1.165, 1.54) is 7.11 Å². The predicted molar refractivity (Wildman–Crippen MR) is 65.9 cm³/mol. The Hall–Kier alpha value is -2.15. The number of likely N-dealkylation sites (tertiary alicyclic amines) is 1. The van der Waals surface area contributed by atoms with Crippen molar-refractivity contribution < 1.29 is 28.9 Å². The Bertz CT molecular complexity index is 548. The first-order valence-electron chi connectivity index (χ1n) is 5.99. The topological polar surface area (TPSA) is 87.1 Å². The van der Waals surface area contributed by atoms with Gasteiger partial charge in [0.25, 0.3) is 5.91 Å². The number of amides is 1. The molecule has 1 heterocycles. The van der Waals surface area contributed by atoms with Crippen molar-refractivity contribution in [2.45, 2.75) is 18.6 Å². The average molecular weight is 283 g/mol. The van der Waals surface area contributed by atoms with Gasteiger partial charge in [-0.05, 0) is 12.1 Å². The number of rotatable bonds is 3. The van der Waals surface area contributed by atoms with E-state index in [0.717, 1.165) is 23.1 Å². The SMILES string of the molecule is COC1CC(C(=O)O)N(C(=O)c2ccc(F)cc2O)C1. The lowest BCUT2D eigenvalue weighted by molar-refractivity contribution is -0.141. The van der Waals surface area contributed by atoms with Crippen molar-refractivity contribution >= 4 is 11.9 Å². The summed E-state index contributed by atoms with van der Waals surface area (Å²) in [5.41, 5.74) is -0.130. The fraction of sp³-hybridized carbons (Fsp3) is 0.385. The Balaban J connectivity index is 2.29. The number of aliphatic carboxylic acids is 1. The number of hydrogen-bond acceptors (Lipinski definition) is 4. The Morgan fingerprint density at radius 3 is 2.70 bits per heavy atom. The summed E-state index contributed by atoms with van der Waals surface area (Å²) in [4.78, 5) is 24.6. The predicted octanol–water partition coefficient (Wildman–Crippen LogP) is 0.845. The van der Waals surface area contributed by atoms with Crippen molar-refractivity contribution in [1.29, 1.82) is 0 Å². The summed E-state index contributed by atoms with van der Waals surface area (Å²) in [6, 6.07) is 1.96. The standard InChI is InChI=1S/C13H14FNO5/c1-20-8-5-10(13(18)19)15(6-8)12(17)9-3-2-7(14)4-11(9)16/h2-4,8,10,16H,5-6H2,1H3,(H,18,19). The lowest BCUT2D eigenvalue weighted by atomic mass is 10.1. The van der Waals surface area contributed by atoms with Crippen LogP contribution in [0.1, 0.15) is 16.8 Å². The maximum absolute atomic E-state index is 12.9.